The van der Waals surface area contributed by atoms with Gasteiger partial charge in [-0.05, 0) is 25.0 Å². The van der Waals surface area contributed by atoms with Crippen LogP contribution < -0.4 is 10.6 Å². The minimum Gasteiger partial charge on any atom is -0.327 e. The van der Waals surface area contributed by atoms with E-state index in [1.807, 2.05) is 28.8 Å². The van der Waals surface area contributed by atoms with Gasteiger partial charge in [0.2, 0.25) is 5.91 Å². The van der Waals surface area contributed by atoms with E-state index >= 15 is 0 Å². The number of carbonyl (C=O) groups is 1. The molecule has 0 spiro atoms. The van der Waals surface area contributed by atoms with Crippen molar-refractivity contribution in [2.45, 2.75) is 43.0 Å². The lowest BCUT2D eigenvalue weighted by Gasteiger charge is -2.33. The molecule has 1 aromatic rings. The van der Waals surface area contributed by atoms with Gasteiger partial charge in [-0.25, -0.2) is 0 Å². The fourth-order valence-corrected chi connectivity index (χ4v) is 4.24. The van der Waals surface area contributed by atoms with Crippen molar-refractivity contribution in [2.75, 3.05) is 17.2 Å². The van der Waals surface area contributed by atoms with Crippen LogP contribution in [0.1, 0.15) is 32.1 Å². The zero-order valence-corrected chi connectivity index (χ0v) is 12.6. The Morgan fingerprint density at radius 1 is 1.20 bits per heavy atom. The van der Waals surface area contributed by atoms with E-state index in [-0.39, 0.29) is 17.9 Å². The summed E-state index contributed by atoms with van der Waals surface area (Å²) < 4.78 is 0. The molecule has 20 heavy (non-hydrogen) atoms. The summed E-state index contributed by atoms with van der Waals surface area (Å²) in [6.07, 6.45) is 5.45. The lowest BCUT2D eigenvalue weighted by Crippen LogP contribution is -2.45. The molecule has 1 amide bonds. The van der Waals surface area contributed by atoms with E-state index in [0.29, 0.717) is 0 Å². The summed E-state index contributed by atoms with van der Waals surface area (Å²) in [4.78, 5) is 16.1. The molecule has 108 valence electrons. The van der Waals surface area contributed by atoms with Gasteiger partial charge in [-0.2, -0.15) is 0 Å². The molecule has 1 saturated carbocycles. The highest BCUT2D eigenvalue weighted by Crippen LogP contribution is 2.36. The van der Waals surface area contributed by atoms with Crippen molar-refractivity contribution >= 4 is 23.4 Å². The Balaban J connectivity index is 1.84. The number of carbonyl (C=O) groups excluding carboxylic acids is 1. The minimum absolute atomic E-state index is 0.00801. The van der Waals surface area contributed by atoms with E-state index in [4.69, 9.17) is 5.73 Å². The van der Waals surface area contributed by atoms with Gasteiger partial charge in [-0.1, -0.05) is 31.4 Å². The van der Waals surface area contributed by atoms with Crippen molar-refractivity contribution in [3.8, 4) is 0 Å². The van der Waals surface area contributed by atoms with Gasteiger partial charge in [-0.15, -0.1) is 11.8 Å². The van der Waals surface area contributed by atoms with Crippen LogP contribution in [0, 0.1) is 5.92 Å². The summed E-state index contributed by atoms with van der Waals surface area (Å²) in [7, 11) is 0. The number of thioether (sulfide) groups is 1. The normalized spacial score (nSPS) is 26.8. The number of hydrogen-bond donors (Lipinski definition) is 1. The quantitative estimate of drug-likeness (QED) is 0.809. The molecular formula is C16H22N2OS. The number of hydrogen-bond acceptors (Lipinski definition) is 3. The summed E-state index contributed by atoms with van der Waals surface area (Å²) >= 11 is 1.84. The van der Waals surface area contributed by atoms with E-state index in [2.05, 4.69) is 12.1 Å². The molecule has 1 aliphatic carbocycles. The van der Waals surface area contributed by atoms with Crippen molar-refractivity contribution in [1.29, 1.82) is 0 Å². The summed E-state index contributed by atoms with van der Waals surface area (Å²) in [6, 6.07) is 8.25. The zero-order valence-electron chi connectivity index (χ0n) is 11.8. The molecule has 0 bridgehead atoms. The maximum Gasteiger partial charge on any atom is 0.231 e. The first-order valence-electron chi connectivity index (χ1n) is 7.56. The Bertz CT molecular complexity index is 491. The predicted octanol–water partition coefficient (Wildman–Crippen LogP) is 3.03. The molecule has 2 aliphatic rings. The minimum atomic E-state index is 0.00801. The van der Waals surface area contributed by atoms with Gasteiger partial charge in [0.25, 0.3) is 0 Å². The second-order valence-electron chi connectivity index (χ2n) is 5.71. The van der Waals surface area contributed by atoms with Gasteiger partial charge in [-0.3, -0.25) is 4.79 Å². The zero-order chi connectivity index (χ0) is 13.9. The van der Waals surface area contributed by atoms with E-state index in [0.717, 1.165) is 43.7 Å². The molecule has 0 saturated heterocycles. The average molecular weight is 290 g/mol. The molecule has 1 fully saturated rings. The maximum atomic E-state index is 12.9. The van der Waals surface area contributed by atoms with Crippen LogP contribution in [-0.2, 0) is 4.79 Å². The van der Waals surface area contributed by atoms with Crippen LogP contribution in [0.4, 0.5) is 5.69 Å². The molecule has 1 aromatic carbocycles. The number of amides is 1. The largest absolute Gasteiger partial charge is 0.327 e. The monoisotopic (exact) mass is 290 g/mol. The summed E-state index contributed by atoms with van der Waals surface area (Å²) in [5.74, 6) is 1.23. The lowest BCUT2D eigenvalue weighted by atomic mass is 9.93. The van der Waals surface area contributed by atoms with E-state index in [1.54, 1.807) is 0 Å². The van der Waals surface area contributed by atoms with Crippen LogP contribution in [0.25, 0.3) is 0 Å². The van der Waals surface area contributed by atoms with Gasteiger partial charge < -0.3 is 10.6 Å². The molecule has 0 radical (unpaired) electrons. The SMILES string of the molecule is NC1CCCCCC1C(=O)N1CCSc2ccccc21. The van der Waals surface area contributed by atoms with Crippen molar-refractivity contribution in [3.05, 3.63) is 24.3 Å². The Labute approximate surface area is 124 Å². The lowest BCUT2D eigenvalue weighted by molar-refractivity contribution is -0.123. The molecule has 0 aromatic heterocycles. The van der Waals surface area contributed by atoms with Gasteiger partial charge in [0.15, 0.2) is 0 Å². The molecule has 3 rings (SSSR count). The molecule has 4 heteroatoms. The predicted molar refractivity (Wildman–Crippen MR) is 84.1 cm³/mol. The highest BCUT2D eigenvalue weighted by Gasteiger charge is 2.33. The molecule has 1 aliphatic heterocycles. The third kappa shape index (κ3) is 2.72. The van der Waals surface area contributed by atoms with E-state index in [1.165, 1.54) is 11.3 Å². The first-order chi connectivity index (χ1) is 9.77. The van der Waals surface area contributed by atoms with Crippen LogP contribution in [0.5, 0.6) is 0 Å². The average Bonchev–Trinajstić information content (AvgIpc) is 2.70. The van der Waals surface area contributed by atoms with Crippen molar-refractivity contribution < 1.29 is 4.79 Å². The van der Waals surface area contributed by atoms with Crippen LogP contribution >= 0.6 is 11.8 Å². The van der Waals surface area contributed by atoms with Gasteiger partial charge in [0, 0.05) is 23.2 Å². The maximum absolute atomic E-state index is 12.9. The number of para-hydroxylation sites is 1. The Morgan fingerprint density at radius 2 is 2.00 bits per heavy atom. The van der Waals surface area contributed by atoms with Crippen molar-refractivity contribution in [2.24, 2.45) is 11.7 Å². The van der Waals surface area contributed by atoms with Gasteiger partial charge in [0.1, 0.15) is 0 Å². The number of nitrogens with zero attached hydrogens (tertiary/aromatic N) is 1. The fourth-order valence-electron chi connectivity index (χ4n) is 3.24. The first-order valence-corrected chi connectivity index (χ1v) is 8.55. The second-order valence-corrected chi connectivity index (χ2v) is 6.85. The van der Waals surface area contributed by atoms with Crippen LogP contribution in [-0.4, -0.2) is 24.2 Å². The highest BCUT2D eigenvalue weighted by atomic mass is 32.2. The van der Waals surface area contributed by atoms with Crippen LogP contribution in [0.15, 0.2) is 29.2 Å². The van der Waals surface area contributed by atoms with Gasteiger partial charge >= 0.3 is 0 Å². The Kier molecular flexibility index (Phi) is 4.32. The Hall–Kier alpha value is -1.00. The molecular weight excluding hydrogens is 268 g/mol. The molecule has 2 atom stereocenters. The molecule has 3 nitrogen and oxygen atoms in total. The fraction of sp³-hybridized carbons (Fsp3) is 0.562. The first kappa shape index (κ1) is 14.0. The number of rotatable bonds is 1. The second kappa shape index (κ2) is 6.19. The number of nitrogens with two attached hydrogens (primary N) is 1. The third-order valence-electron chi connectivity index (χ3n) is 4.38. The molecule has 2 unspecified atom stereocenters. The number of benzene rings is 1. The van der Waals surface area contributed by atoms with E-state index in [9.17, 15) is 4.79 Å². The third-order valence-corrected chi connectivity index (χ3v) is 5.42. The van der Waals surface area contributed by atoms with E-state index < -0.39 is 0 Å². The molecule has 2 N–H and O–H groups in total. The summed E-state index contributed by atoms with van der Waals surface area (Å²) in [6.45, 7) is 0.809. The van der Waals surface area contributed by atoms with Crippen molar-refractivity contribution in [1.82, 2.24) is 0 Å². The van der Waals surface area contributed by atoms with Gasteiger partial charge in [0.05, 0.1) is 11.6 Å². The topological polar surface area (TPSA) is 46.3 Å². The summed E-state index contributed by atoms with van der Waals surface area (Å²) in [5, 5.41) is 0. The van der Waals surface area contributed by atoms with Crippen molar-refractivity contribution in [3.63, 3.8) is 0 Å². The number of anilines is 1. The highest BCUT2D eigenvalue weighted by molar-refractivity contribution is 7.99. The molecule has 1 heterocycles. The summed E-state index contributed by atoms with van der Waals surface area (Å²) in [5.41, 5.74) is 7.33. The van der Waals surface area contributed by atoms with Crippen LogP contribution in [0.3, 0.4) is 0 Å². The standard InChI is InChI=1S/C16H22N2OS/c17-13-7-3-1-2-6-12(13)16(19)18-10-11-20-15-9-5-4-8-14(15)18/h4-5,8-9,12-13H,1-3,6-7,10-11,17H2. The smallest absolute Gasteiger partial charge is 0.231 e. The van der Waals surface area contributed by atoms with Crippen LogP contribution in [0.2, 0.25) is 0 Å². The Morgan fingerprint density at radius 3 is 2.90 bits per heavy atom. The number of fused-ring (bicyclic) bond motifs is 1.